The van der Waals surface area contributed by atoms with E-state index in [0.717, 1.165) is 12.1 Å². The molecule has 0 saturated heterocycles. The highest BCUT2D eigenvalue weighted by Crippen LogP contribution is 2.60. The lowest BCUT2D eigenvalue weighted by molar-refractivity contribution is -0.357. The van der Waals surface area contributed by atoms with Gasteiger partial charge in [0.15, 0.2) is 0 Å². The molecule has 2 bridgehead atoms. The predicted molar refractivity (Wildman–Crippen MR) is 112 cm³/mol. The van der Waals surface area contributed by atoms with Gasteiger partial charge in [-0.25, -0.2) is 4.98 Å². The summed E-state index contributed by atoms with van der Waals surface area (Å²) >= 11 is 0. The van der Waals surface area contributed by atoms with Crippen LogP contribution in [0.5, 0.6) is 0 Å². The number of fused-ring (bicyclic) bond motifs is 1. The van der Waals surface area contributed by atoms with Crippen LogP contribution in [0.4, 0.5) is 26.3 Å². The van der Waals surface area contributed by atoms with Gasteiger partial charge in [0.25, 0.3) is 5.91 Å². The Morgan fingerprint density at radius 1 is 0.944 bits per heavy atom. The van der Waals surface area contributed by atoms with Crippen LogP contribution in [-0.4, -0.2) is 53.1 Å². The first kappa shape index (κ1) is 24.8. The van der Waals surface area contributed by atoms with Crippen molar-refractivity contribution in [2.75, 3.05) is 6.61 Å². The average molecular weight is 517 g/mol. The lowest BCUT2D eigenvalue weighted by atomic mass is 9.44. The number of ether oxygens (including phenoxy) is 2. The van der Waals surface area contributed by atoms with Crippen molar-refractivity contribution in [1.82, 2.24) is 15.6 Å². The summed E-state index contributed by atoms with van der Waals surface area (Å²) in [6.45, 7) is -0.276. The van der Waals surface area contributed by atoms with Crippen molar-refractivity contribution in [3.63, 3.8) is 0 Å². The number of alkyl halides is 6. The number of nitrogens with zero attached hydrogens (tertiary/aromatic N) is 1. The Hall–Kier alpha value is -2.93. The molecule has 4 saturated carbocycles. The quantitative estimate of drug-likeness (QED) is 0.545. The zero-order valence-corrected chi connectivity index (χ0v) is 18.6. The normalized spacial score (nSPS) is 29.1. The van der Waals surface area contributed by atoms with Crippen molar-refractivity contribution in [3.05, 3.63) is 41.6 Å². The van der Waals surface area contributed by atoms with Crippen LogP contribution in [-0.2, 0) is 20.4 Å². The number of aromatic nitrogens is 1. The molecule has 7 nitrogen and oxygen atoms in total. The van der Waals surface area contributed by atoms with Crippen molar-refractivity contribution in [3.8, 4) is 0 Å². The highest BCUT2D eigenvalue weighted by molar-refractivity contribution is 5.96. The molecule has 1 heterocycles. The van der Waals surface area contributed by atoms with Gasteiger partial charge >= 0.3 is 12.5 Å². The SMILES string of the molecule is O=C(CO[C@H]1C[C@@H](OC(F)(F)F)C1)NC12CC(NC(=O)c3ccc4cc(C(F)(F)F)ccc4n3)(C1)C2. The lowest BCUT2D eigenvalue weighted by Crippen LogP contribution is -2.84. The van der Waals surface area contributed by atoms with Crippen LogP contribution in [0, 0.1) is 0 Å². The Morgan fingerprint density at radius 3 is 2.25 bits per heavy atom. The van der Waals surface area contributed by atoms with E-state index in [0.29, 0.717) is 19.3 Å². The highest BCUT2D eigenvalue weighted by atomic mass is 19.4. The Kier molecular flexibility index (Phi) is 5.71. The molecule has 0 spiro atoms. The summed E-state index contributed by atoms with van der Waals surface area (Å²) in [5.74, 6) is -0.843. The molecule has 4 aliphatic carbocycles. The molecule has 6 rings (SSSR count). The smallest absolute Gasteiger partial charge is 0.368 e. The van der Waals surface area contributed by atoms with Crippen molar-refractivity contribution in [1.29, 1.82) is 0 Å². The lowest BCUT2D eigenvalue weighted by Gasteiger charge is -2.70. The van der Waals surface area contributed by atoms with Gasteiger partial charge in [0.05, 0.1) is 23.3 Å². The highest BCUT2D eigenvalue weighted by Gasteiger charge is 2.69. The average Bonchev–Trinajstić information content (AvgIpc) is 2.70. The van der Waals surface area contributed by atoms with E-state index in [2.05, 4.69) is 20.4 Å². The van der Waals surface area contributed by atoms with E-state index >= 15 is 0 Å². The first-order chi connectivity index (χ1) is 16.7. The number of hydrogen-bond acceptors (Lipinski definition) is 5. The van der Waals surface area contributed by atoms with Crippen LogP contribution in [0.2, 0.25) is 0 Å². The summed E-state index contributed by atoms with van der Waals surface area (Å²) in [4.78, 5) is 29.0. The Labute approximate surface area is 200 Å². The van der Waals surface area contributed by atoms with Crippen LogP contribution in [0.15, 0.2) is 30.3 Å². The summed E-state index contributed by atoms with van der Waals surface area (Å²) < 4.78 is 84.2. The summed E-state index contributed by atoms with van der Waals surface area (Å²) in [6, 6.07) is 5.88. The number of hydrogen-bond donors (Lipinski definition) is 2. The fraction of sp³-hybridized carbons (Fsp3) is 0.522. The van der Waals surface area contributed by atoms with Crippen molar-refractivity contribution in [2.24, 2.45) is 0 Å². The van der Waals surface area contributed by atoms with E-state index in [1.807, 2.05) is 0 Å². The standard InChI is InChI=1S/C23H21F6N3O4/c24-22(25,26)13-2-4-16-12(5-13)1-3-17(30-16)19(34)32-21-9-20(10-21,11-21)31-18(33)8-35-14-6-15(7-14)36-23(27,28)29/h1-5,14-15H,6-11H2,(H,31,33)(H,32,34)/t14-,15+,20?,21?. The van der Waals surface area contributed by atoms with E-state index in [1.54, 1.807) is 0 Å². The van der Waals surface area contributed by atoms with E-state index in [9.17, 15) is 35.9 Å². The second-order valence-electron chi connectivity index (χ2n) is 9.79. The summed E-state index contributed by atoms with van der Waals surface area (Å²) in [5, 5.41) is 6.02. The minimum absolute atomic E-state index is 0.0688. The molecular weight excluding hydrogens is 496 g/mol. The van der Waals surface area contributed by atoms with Crippen molar-refractivity contribution < 1.29 is 45.4 Å². The maximum atomic E-state index is 12.9. The van der Waals surface area contributed by atoms with Crippen molar-refractivity contribution in [2.45, 2.75) is 67.9 Å². The van der Waals surface area contributed by atoms with Gasteiger partial charge in [-0.05, 0) is 43.5 Å². The summed E-state index contributed by atoms with van der Waals surface area (Å²) in [7, 11) is 0. The van der Waals surface area contributed by atoms with Crippen LogP contribution >= 0.6 is 0 Å². The minimum atomic E-state index is -4.69. The first-order valence-corrected chi connectivity index (χ1v) is 11.2. The van der Waals surface area contributed by atoms with Gasteiger partial charge in [-0.15, -0.1) is 13.2 Å². The maximum absolute atomic E-state index is 12.9. The zero-order chi connectivity index (χ0) is 25.9. The van der Waals surface area contributed by atoms with E-state index in [1.165, 1.54) is 18.2 Å². The molecular formula is C23H21F6N3O4. The number of pyridine rings is 1. The van der Waals surface area contributed by atoms with Crippen molar-refractivity contribution >= 4 is 22.7 Å². The third-order valence-electron chi connectivity index (χ3n) is 6.86. The molecule has 2 amide bonds. The van der Waals surface area contributed by atoms with Crippen LogP contribution in [0.25, 0.3) is 10.9 Å². The Morgan fingerprint density at radius 2 is 1.61 bits per heavy atom. The number of carbonyl (C=O) groups is 2. The van der Waals surface area contributed by atoms with Gasteiger partial charge in [-0.1, -0.05) is 6.07 Å². The molecule has 36 heavy (non-hydrogen) atoms. The number of halogens is 6. The molecule has 2 N–H and O–H groups in total. The molecule has 0 atom stereocenters. The molecule has 4 aliphatic rings. The fourth-order valence-corrected chi connectivity index (χ4v) is 5.25. The topological polar surface area (TPSA) is 89.5 Å². The largest absolute Gasteiger partial charge is 0.522 e. The monoisotopic (exact) mass is 517 g/mol. The molecule has 0 unspecified atom stereocenters. The van der Waals surface area contributed by atoms with Gasteiger partial charge in [0, 0.05) is 29.3 Å². The van der Waals surface area contributed by atoms with Crippen LogP contribution < -0.4 is 10.6 Å². The van der Waals surface area contributed by atoms with Gasteiger partial charge < -0.3 is 15.4 Å². The molecule has 1 aromatic heterocycles. The number of nitrogens with one attached hydrogen (secondary N) is 2. The van der Waals surface area contributed by atoms with Gasteiger partial charge in [-0.2, -0.15) is 13.2 Å². The number of benzene rings is 1. The van der Waals surface area contributed by atoms with Gasteiger partial charge in [0.2, 0.25) is 5.91 Å². The summed E-state index contributed by atoms with van der Waals surface area (Å²) in [6.07, 6.45) is -8.92. The molecule has 13 heteroatoms. The molecule has 194 valence electrons. The third-order valence-corrected chi connectivity index (χ3v) is 6.86. The van der Waals surface area contributed by atoms with E-state index in [4.69, 9.17) is 4.74 Å². The third kappa shape index (κ3) is 4.99. The maximum Gasteiger partial charge on any atom is 0.522 e. The Balaban J connectivity index is 1.07. The first-order valence-electron chi connectivity index (χ1n) is 11.2. The summed E-state index contributed by atoms with van der Waals surface area (Å²) in [5.41, 5.74) is -1.41. The molecule has 4 fully saturated rings. The second kappa shape index (κ2) is 8.30. The van der Waals surface area contributed by atoms with Gasteiger partial charge in [0.1, 0.15) is 12.3 Å². The fourth-order valence-electron chi connectivity index (χ4n) is 5.25. The van der Waals surface area contributed by atoms with E-state index in [-0.39, 0.29) is 42.0 Å². The number of rotatable bonds is 7. The molecule has 0 radical (unpaired) electrons. The zero-order valence-electron chi connectivity index (χ0n) is 18.6. The van der Waals surface area contributed by atoms with Crippen LogP contribution in [0.3, 0.4) is 0 Å². The molecule has 0 aliphatic heterocycles. The van der Waals surface area contributed by atoms with E-state index < -0.39 is 47.3 Å². The predicted octanol–water partition coefficient (Wildman–Crippen LogP) is 3.86. The van der Waals surface area contributed by atoms with Gasteiger partial charge in [-0.3, -0.25) is 14.3 Å². The second-order valence-corrected chi connectivity index (χ2v) is 9.79. The van der Waals surface area contributed by atoms with Crippen LogP contribution in [0.1, 0.15) is 48.2 Å². The number of carbonyl (C=O) groups excluding carboxylic acids is 2. The Bertz CT molecular complexity index is 1190. The minimum Gasteiger partial charge on any atom is -0.368 e. The molecule has 2 aromatic rings. The molecule has 1 aromatic carbocycles. The number of amides is 2.